The summed E-state index contributed by atoms with van der Waals surface area (Å²) >= 11 is 0. The van der Waals surface area contributed by atoms with Gasteiger partial charge in [-0.15, -0.1) is 0 Å². The second-order valence-electron chi connectivity index (χ2n) is 9.27. The van der Waals surface area contributed by atoms with E-state index in [1.54, 1.807) is 13.8 Å². The number of aliphatic hydroxyl groups is 1. The van der Waals surface area contributed by atoms with Crippen molar-refractivity contribution in [1.82, 2.24) is 0 Å². The molecule has 6 heteroatoms. The van der Waals surface area contributed by atoms with Crippen LogP contribution in [-0.4, -0.2) is 53.5 Å². The van der Waals surface area contributed by atoms with Crippen molar-refractivity contribution in [3.63, 3.8) is 0 Å². The highest BCUT2D eigenvalue weighted by Gasteiger charge is 2.51. The van der Waals surface area contributed by atoms with Crippen LogP contribution in [0.5, 0.6) is 0 Å². The standard InChI is InChI=1S/C23H44O6/c1-10-22(9,11-2)29-17-18(24)16-27-19(25)23(12-3,13-4)21(7,8)28-15-14-20(5,6)26/h26H,10-17H2,1-9H3. The molecule has 0 aromatic carbocycles. The van der Waals surface area contributed by atoms with Crippen LogP contribution in [0.25, 0.3) is 0 Å². The van der Waals surface area contributed by atoms with Crippen LogP contribution < -0.4 is 0 Å². The Kier molecular flexibility index (Phi) is 11.0. The second kappa shape index (κ2) is 11.4. The maximum atomic E-state index is 13.0. The number of carbonyl (C=O) groups excluding carboxylic acids is 2. The van der Waals surface area contributed by atoms with Crippen molar-refractivity contribution in [2.45, 2.75) is 111 Å². The van der Waals surface area contributed by atoms with Crippen molar-refractivity contribution in [2.75, 3.05) is 19.8 Å². The van der Waals surface area contributed by atoms with Gasteiger partial charge in [0.2, 0.25) is 0 Å². The topological polar surface area (TPSA) is 82.1 Å². The predicted molar refractivity (Wildman–Crippen MR) is 115 cm³/mol. The van der Waals surface area contributed by atoms with Crippen LogP contribution in [0.2, 0.25) is 0 Å². The maximum Gasteiger partial charge on any atom is 0.315 e. The lowest BCUT2D eigenvalue weighted by atomic mass is 9.69. The molecule has 0 saturated heterocycles. The molecule has 0 unspecified atom stereocenters. The molecule has 0 rings (SSSR count). The summed E-state index contributed by atoms with van der Waals surface area (Å²) in [6, 6.07) is 0. The summed E-state index contributed by atoms with van der Waals surface area (Å²) in [6.45, 7) is 17.0. The highest BCUT2D eigenvalue weighted by molar-refractivity contribution is 5.85. The molecule has 172 valence electrons. The molecule has 0 atom stereocenters. The number of ether oxygens (including phenoxy) is 3. The Bertz CT molecular complexity index is 510. The van der Waals surface area contributed by atoms with Crippen molar-refractivity contribution in [1.29, 1.82) is 0 Å². The van der Waals surface area contributed by atoms with Gasteiger partial charge >= 0.3 is 5.97 Å². The molecule has 0 aliphatic carbocycles. The third kappa shape index (κ3) is 8.35. The zero-order valence-electron chi connectivity index (χ0n) is 20.1. The molecule has 0 aliphatic heterocycles. The Morgan fingerprint density at radius 3 is 1.72 bits per heavy atom. The number of hydrogen-bond donors (Lipinski definition) is 1. The normalized spacial score (nSPS) is 13.4. The lowest BCUT2D eigenvalue weighted by molar-refractivity contribution is -0.185. The second-order valence-corrected chi connectivity index (χ2v) is 9.27. The fraction of sp³-hybridized carbons (Fsp3) is 0.913. The fourth-order valence-electron chi connectivity index (χ4n) is 3.36. The van der Waals surface area contributed by atoms with Gasteiger partial charge in [0.05, 0.1) is 28.8 Å². The zero-order chi connectivity index (χ0) is 22.9. The summed E-state index contributed by atoms with van der Waals surface area (Å²) in [5.74, 6) is -0.689. The van der Waals surface area contributed by atoms with Crippen molar-refractivity contribution in [3.05, 3.63) is 0 Å². The average molecular weight is 417 g/mol. The molecule has 0 amide bonds. The Balaban J connectivity index is 5.00. The minimum Gasteiger partial charge on any atom is -0.457 e. The highest BCUT2D eigenvalue weighted by atomic mass is 16.6. The molecule has 0 saturated carbocycles. The number of Topliss-reactive ketones (excluding diaryl/α,β-unsaturated/α-hetero) is 1. The van der Waals surface area contributed by atoms with Gasteiger partial charge in [-0.3, -0.25) is 9.59 Å². The molecule has 0 bridgehead atoms. The maximum absolute atomic E-state index is 13.0. The van der Waals surface area contributed by atoms with E-state index in [9.17, 15) is 14.7 Å². The number of rotatable bonds is 15. The van der Waals surface area contributed by atoms with Crippen molar-refractivity contribution in [2.24, 2.45) is 5.41 Å². The third-order valence-electron chi connectivity index (χ3n) is 6.37. The smallest absolute Gasteiger partial charge is 0.315 e. The van der Waals surface area contributed by atoms with Gasteiger partial charge in [0, 0.05) is 0 Å². The fourth-order valence-corrected chi connectivity index (χ4v) is 3.36. The summed E-state index contributed by atoms with van der Waals surface area (Å²) in [4.78, 5) is 25.2. The van der Waals surface area contributed by atoms with Crippen LogP contribution in [0.3, 0.4) is 0 Å². The molecular weight excluding hydrogens is 372 g/mol. The van der Waals surface area contributed by atoms with Crippen LogP contribution in [-0.2, 0) is 23.8 Å². The quantitative estimate of drug-likeness (QED) is 0.397. The van der Waals surface area contributed by atoms with Crippen molar-refractivity contribution >= 4 is 11.8 Å². The minimum atomic E-state index is -0.880. The largest absolute Gasteiger partial charge is 0.457 e. The van der Waals surface area contributed by atoms with Gasteiger partial charge in [-0.2, -0.15) is 0 Å². The van der Waals surface area contributed by atoms with Gasteiger partial charge in [-0.1, -0.05) is 27.7 Å². The van der Waals surface area contributed by atoms with E-state index in [1.165, 1.54) is 0 Å². The number of ketones is 1. The molecule has 0 fully saturated rings. The van der Waals surface area contributed by atoms with E-state index in [0.717, 1.165) is 12.8 Å². The predicted octanol–water partition coefficient (Wildman–Crippen LogP) is 4.46. The van der Waals surface area contributed by atoms with Crippen molar-refractivity contribution in [3.8, 4) is 0 Å². The van der Waals surface area contributed by atoms with E-state index in [0.29, 0.717) is 25.9 Å². The molecule has 0 radical (unpaired) electrons. The SMILES string of the molecule is CCC(C)(CC)OCC(=O)COC(=O)C(CC)(CC)C(C)(C)OCCC(C)(C)O. The first kappa shape index (κ1) is 28.0. The van der Waals surface area contributed by atoms with Gasteiger partial charge in [-0.05, 0) is 66.7 Å². The van der Waals surface area contributed by atoms with Gasteiger partial charge in [0.1, 0.15) is 6.61 Å². The molecule has 6 nitrogen and oxygen atoms in total. The van der Waals surface area contributed by atoms with Gasteiger partial charge < -0.3 is 19.3 Å². The Morgan fingerprint density at radius 1 is 0.793 bits per heavy atom. The van der Waals surface area contributed by atoms with E-state index < -0.39 is 22.6 Å². The van der Waals surface area contributed by atoms with Crippen LogP contribution in [0.4, 0.5) is 0 Å². The Morgan fingerprint density at radius 2 is 1.31 bits per heavy atom. The van der Waals surface area contributed by atoms with E-state index in [-0.39, 0.29) is 24.6 Å². The first-order valence-electron chi connectivity index (χ1n) is 10.9. The lowest BCUT2D eigenvalue weighted by Crippen LogP contribution is -2.52. The summed E-state index contributed by atoms with van der Waals surface area (Å²) in [5, 5.41) is 9.91. The summed E-state index contributed by atoms with van der Waals surface area (Å²) in [7, 11) is 0. The first-order valence-corrected chi connectivity index (χ1v) is 10.9. The van der Waals surface area contributed by atoms with E-state index in [4.69, 9.17) is 14.2 Å². The molecule has 0 aromatic rings. The summed E-state index contributed by atoms with van der Waals surface area (Å²) in [6.07, 6.45) is 3.11. The summed E-state index contributed by atoms with van der Waals surface area (Å²) < 4.78 is 17.2. The molecular formula is C23H44O6. The average Bonchev–Trinajstić information content (AvgIpc) is 2.64. The Labute approximate surface area is 177 Å². The highest BCUT2D eigenvalue weighted by Crippen LogP contribution is 2.42. The van der Waals surface area contributed by atoms with Gasteiger partial charge in [0.25, 0.3) is 0 Å². The zero-order valence-corrected chi connectivity index (χ0v) is 20.1. The monoisotopic (exact) mass is 416 g/mol. The molecule has 0 aliphatic rings. The van der Waals surface area contributed by atoms with Crippen LogP contribution in [0.1, 0.15) is 94.4 Å². The van der Waals surface area contributed by atoms with E-state index in [2.05, 4.69) is 0 Å². The number of carbonyl (C=O) groups is 2. The van der Waals surface area contributed by atoms with Crippen LogP contribution >= 0.6 is 0 Å². The van der Waals surface area contributed by atoms with Crippen LogP contribution in [0.15, 0.2) is 0 Å². The number of hydrogen-bond acceptors (Lipinski definition) is 6. The first-order chi connectivity index (χ1) is 13.2. The lowest BCUT2D eigenvalue weighted by Gasteiger charge is -2.43. The van der Waals surface area contributed by atoms with Crippen LogP contribution in [0, 0.1) is 5.41 Å². The van der Waals surface area contributed by atoms with Gasteiger partial charge in [-0.25, -0.2) is 0 Å². The van der Waals surface area contributed by atoms with Crippen molar-refractivity contribution < 1.29 is 28.9 Å². The molecule has 29 heavy (non-hydrogen) atoms. The van der Waals surface area contributed by atoms with E-state index >= 15 is 0 Å². The molecule has 1 N–H and O–H groups in total. The van der Waals surface area contributed by atoms with Gasteiger partial charge in [0.15, 0.2) is 12.4 Å². The molecule has 0 heterocycles. The minimum absolute atomic E-state index is 0.0673. The molecule has 0 aromatic heterocycles. The molecule has 0 spiro atoms. The Hall–Kier alpha value is -0.980. The summed E-state index contributed by atoms with van der Waals surface area (Å²) in [5.41, 5.74) is -2.86. The number of esters is 1. The van der Waals surface area contributed by atoms with E-state index in [1.807, 2.05) is 48.5 Å². The third-order valence-corrected chi connectivity index (χ3v) is 6.37.